The summed E-state index contributed by atoms with van der Waals surface area (Å²) in [7, 11) is 0. The van der Waals surface area contributed by atoms with E-state index in [1.165, 1.54) is 5.56 Å². The molecule has 3 aliphatic rings. The second-order valence-electron chi connectivity index (χ2n) is 10.6. The van der Waals surface area contributed by atoms with Gasteiger partial charge in [0.1, 0.15) is 5.69 Å². The molecular weight excluding hydrogens is 474 g/mol. The molecule has 3 aromatic rings. The number of fused-ring (bicyclic) bond motifs is 1. The summed E-state index contributed by atoms with van der Waals surface area (Å²) in [5, 5.41) is 4.65. The molecule has 0 radical (unpaired) electrons. The zero-order chi connectivity index (χ0) is 25.4. The minimum absolute atomic E-state index is 0.0952. The molecule has 2 fully saturated rings. The molecule has 6 rings (SSSR count). The average Bonchev–Trinajstić information content (AvgIpc) is 3.51. The number of hydrogen-bond donors (Lipinski definition) is 0. The molecule has 37 heavy (non-hydrogen) atoms. The first-order valence-electron chi connectivity index (χ1n) is 13.4. The van der Waals surface area contributed by atoms with Crippen molar-refractivity contribution in [1.82, 2.24) is 24.6 Å². The quantitative estimate of drug-likeness (QED) is 0.406. The van der Waals surface area contributed by atoms with Crippen LogP contribution in [0.3, 0.4) is 0 Å². The van der Waals surface area contributed by atoms with Crippen LogP contribution in [0.2, 0.25) is 0 Å². The van der Waals surface area contributed by atoms with Crippen molar-refractivity contribution in [2.75, 3.05) is 37.7 Å². The van der Waals surface area contributed by atoms with Gasteiger partial charge in [-0.15, -0.1) is 0 Å². The molecule has 7 nitrogen and oxygen atoms in total. The topological polar surface area (TPSA) is 59.3 Å². The van der Waals surface area contributed by atoms with Gasteiger partial charge in [-0.05, 0) is 38.2 Å². The number of nitrogens with zero attached hydrogens (tertiary/aromatic N) is 6. The standard InChI is InChI=1S/C28H34F2N6O/c1-20-8-14-35(20)27-32-25(24-7-11-28(29,30)26(24)33-27)22-17-31-36(18-22)23-9-12-34(13-10-23)15-16-37-19-21-5-3-2-4-6-21/h2-6,17-18,20,23H,7-16,19H2,1H3. The Hall–Kier alpha value is -2.91. The molecule has 2 aliphatic heterocycles. The average molecular weight is 509 g/mol. The molecule has 1 aromatic carbocycles. The molecule has 1 unspecified atom stereocenters. The van der Waals surface area contributed by atoms with E-state index < -0.39 is 5.92 Å². The number of anilines is 1. The van der Waals surface area contributed by atoms with E-state index in [1.807, 2.05) is 34.0 Å². The van der Waals surface area contributed by atoms with Crippen LogP contribution < -0.4 is 4.90 Å². The number of likely N-dealkylation sites (tertiary alicyclic amines) is 1. The Morgan fingerprint density at radius 3 is 2.59 bits per heavy atom. The Labute approximate surface area is 216 Å². The van der Waals surface area contributed by atoms with E-state index in [0.29, 0.717) is 42.9 Å². The molecule has 0 N–H and O–H groups in total. The number of hydrogen-bond acceptors (Lipinski definition) is 6. The second-order valence-corrected chi connectivity index (χ2v) is 10.6. The number of ether oxygens (including phenoxy) is 1. The molecule has 9 heteroatoms. The zero-order valence-corrected chi connectivity index (χ0v) is 21.3. The van der Waals surface area contributed by atoms with Crippen LogP contribution in [0.15, 0.2) is 42.7 Å². The molecule has 2 saturated heterocycles. The van der Waals surface area contributed by atoms with Crippen LogP contribution in [-0.4, -0.2) is 63.5 Å². The first-order chi connectivity index (χ1) is 18.0. The van der Waals surface area contributed by atoms with Crippen molar-refractivity contribution in [3.63, 3.8) is 0 Å². The van der Waals surface area contributed by atoms with Crippen LogP contribution in [0.5, 0.6) is 0 Å². The van der Waals surface area contributed by atoms with Gasteiger partial charge in [-0.25, -0.2) is 9.97 Å². The van der Waals surface area contributed by atoms with E-state index in [-0.39, 0.29) is 18.2 Å². The van der Waals surface area contributed by atoms with Gasteiger partial charge in [-0.1, -0.05) is 30.3 Å². The van der Waals surface area contributed by atoms with Gasteiger partial charge in [0.25, 0.3) is 5.92 Å². The fourth-order valence-corrected chi connectivity index (χ4v) is 5.62. The summed E-state index contributed by atoms with van der Waals surface area (Å²) >= 11 is 0. The van der Waals surface area contributed by atoms with Crippen molar-refractivity contribution in [2.45, 2.75) is 63.6 Å². The summed E-state index contributed by atoms with van der Waals surface area (Å²) in [6.07, 6.45) is 6.89. The van der Waals surface area contributed by atoms with Crippen LogP contribution >= 0.6 is 0 Å². The second kappa shape index (κ2) is 10.1. The van der Waals surface area contributed by atoms with Crippen molar-refractivity contribution in [2.24, 2.45) is 0 Å². The van der Waals surface area contributed by atoms with Crippen LogP contribution in [-0.2, 0) is 23.7 Å². The molecule has 0 bridgehead atoms. The van der Waals surface area contributed by atoms with E-state index in [0.717, 1.165) is 51.0 Å². The molecule has 1 aliphatic carbocycles. The molecular formula is C28H34F2N6O. The van der Waals surface area contributed by atoms with Gasteiger partial charge in [0.05, 0.1) is 31.1 Å². The van der Waals surface area contributed by atoms with Gasteiger partial charge in [0.15, 0.2) is 0 Å². The third-order valence-electron chi connectivity index (χ3n) is 8.08. The van der Waals surface area contributed by atoms with Crippen molar-refractivity contribution in [3.05, 3.63) is 59.5 Å². The van der Waals surface area contributed by atoms with Crippen molar-refractivity contribution < 1.29 is 13.5 Å². The Bertz CT molecular complexity index is 1220. The van der Waals surface area contributed by atoms with Crippen molar-refractivity contribution in [3.8, 4) is 11.3 Å². The maximum absolute atomic E-state index is 14.7. The van der Waals surface area contributed by atoms with E-state index in [2.05, 4.69) is 34.0 Å². The zero-order valence-electron chi connectivity index (χ0n) is 21.3. The third-order valence-corrected chi connectivity index (χ3v) is 8.08. The Kier molecular flexibility index (Phi) is 6.67. The van der Waals surface area contributed by atoms with E-state index in [4.69, 9.17) is 9.72 Å². The monoisotopic (exact) mass is 508 g/mol. The lowest BCUT2D eigenvalue weighted by atomic mass is 10.0. The Balaban J connectivity index is 1.09. The predicted molar refractivity (Wildman–Crippen MR) is 138 cm³/mol. The Morgan fingerprint density at radius 2 is 1.86 bits per heavy atom. The van der Waals surface area contributed by atoms with Gasteiger partial charge < -0.3 is 14.5 Å². The number of halogens is 2. The summed E-state index contributed by atoms with van der Waals surface area (Å²) in [6, 6.07) is 10.8. The molecule has 0 saturated carbocycles. The van der Waals surface area contributed by atoms with E-state index >= 15 is 0 Å². The summed E-state index contributed by atoms with van der Waals surface area (Å²) in [5.41, 5.74) is 3.10. The van der Waals surface area contributed by atoms with E-state index in [1.54, 1.807) is 6.20 Å². The normalized spacial score (nSPS) is 21.7. The van der Waals surface area contributed by atoms with Crippen LogP contribution in [0, 0.1) is 0 Å². The summed E-state index contributed by atoms with van der Waals surface area (Å²) < 4.78 is 37.2. The molecule has 0 amide bonds. The highest BCUT2D eigenvalue weighted by molar-refractivity contribution is 5.66. The fraction of sp³-hybridized carbons (Fsp3) is 0.536. The first kappa shape index (κ1) is 24.4. The lowest BCUT2D eigenvalue weighted by molar-refractivity contribution is -0.00595. The van der Waals surface area contributed by atoms with Gasteiger partial charge in [-0.3, -0.25) is 4.68 Å². The largest absolute Gasteiger partial charge is 0.375 e. The lowest BCUT2D eigenvalue weighted by Crippen LogP contribution is -2.47. The van der Waals surface area contributed by atoms with Crippen molar-refractivity contribution in [1.29, 1.82) is 0 Å². The third kappa shape index (κ3) is 4.99. The minimum atomic E-state index is -2.90. The highest BCUT2D eigenvalue weighted by atomic mass is 19.3. The highest BCUT2D eigenvalue weighted by Crippen LogP contribution is 2.45. The maximum atomic E-state index is 14.7. The summed E-state index contributed by atoms with van der Waals surface area (Å²) in [5.74, 6) is -2.48. The van der Waals surface area contributed by atoms with Crippen LogP contribution in [0.25, 0.3) is 11.3 Å². The molecule has 196 valence electrons. The summed E-state index contributed by atoms with van der Waals surface area (Å²) in [4.78, 5) is 13.6. The predicted octanol–water partition coefficient (Wildman–Crippen LogP) is 4.83. The molecule has 2 aromatic heterocycles. The smallest absolute Gasteiger partial charge is 0.290 e. The number of benzene rings is 1. The van der Waals surface area contributed by atoms with Crippen LogP contribution in [0.4, 0.5) is 14.7 Å². The number of piperidine rings is 1. The number of alkyl halides is 2. The minimum Gasteiger partial charge on any atom is -0.375 e. The van der Waals surface area contributed by atoms with Crippen molar-refractivity contribution >= 4 is 5.95 Å². The number of aromatic nitrogens is 4. The first-order valence-corrected chi connectivity index (χ1v) is 13.4. The van der Waals surface area contributed by atoms with Gasteiger partial charge in [0, 0.05) is 56.0 Å². The molecule has 1 atom stereocenters. The maximum Gasteiger partial charge on any atom is 0.290 e. The van der Waals surface area contributed by atoms with Gasteiger partial charge in [0.2, 0.25) is 5.95 Å². The Morgan fingerprint density at radius 1 is 1.05 bits per heavy atom. The SMILES string of the molecule is CC1CCN1c1nc(-c2cnn(C3CCN(CCOCc4ccccc4)CC3)c2)c2c(n1)C(F)(F)CC2. The van der Waals surface area contributed by atoms with Gasteiger partial charge >= 0.3 is 0 Å². The number of rotatable bonds is 8. The van der Waals surface area contributed by atoms with E-state index in [9.17, 15) is 8.78 Å². The molecule has 0 spiro atoms. The van der Waals surface area contributed by atoms with Crippen LogP contribution in [0.1, 0.15) is 55.5 Å². The summed E-state index contributed by atoms with van der Waals surface area (Å²) in [6.45, 7) is 7.14. The fourth-order valence-electron chi connectivity index (χ4n) is 5.62. The lowest BCUT2D eigenvalue weighted by Gasteiger charge is -2.39. The van der Waals surface area contributed by atoms with Gasteiger partial charge in [-0.2, -0.15) is 13.9 Å². The molecule has 4 heterocycles. The highest BCUT2D eigenvalue weighted by Gasteiger charge is 2.44.